The van der Waals surface area contributed by atoms with E-state index in [2.05, 4.69) is 46.5 Å². The SMILES string of the molecule is CCCN(CCC)Cn1c(=S)[nH]c2ccccc21. The number of hydrogen-bond acceptors (Lipinski definition) is 2. The molecule has 1 aromatic heterocycles. The fourth-order valence-electron chi connectivity index (χ4n) is 2.33. The van der Waals surface area contributed by atoms with Crippen molar-refractivity contribution in [1.82, 2.24) is 14.5 Å². The van der Waals surface area contributed by atoms with Gasteiger partial charge in [0.1, 0.15) is 0 Å². The Morgan fingerprint density at radius 3 is 2.50 bits per heavy atom. The third-order valence-electron chi connectivity index (χ3n) is 3.10. The van der Waals surface area contributed by atoms with Crippen molar-refractivity contribution < 1.29 is 0 Å². The maximum atomic E-state index is 5.42. The highest BCUT2D eigenvalue weighted by Crippen LogP contribution is 2.14. The van der Waals surface area contributed by atoms with Crippen LogP contribution in [0.5, 0.6) is 0 Å². The Hall–Kier alpha value is -1.13. The first-order chi connectivity index (χ1) is 8.76. The Kier molecular flexibility index (Phi) is 4.55. The van der Waals surface area contributed by atoms with Crippen LogP contribution in [0.4, 0.5) is 0 Å². The van der Waals surface area contributed by atoms with Crippen LogP contribution in [0.25, 0.3) is 11.0 Å². The molecule has 1 heterocycles. The normalized spacial score (nSPS) is 11.5. The molecule has 4 heteroatoms. The Morgan fingerprint density at radius 1 is 1.17 bits per heavy atom. The molecule has 3 nitrogen and oxygen atoms in total. The minimum absolute atomic E-state index is 0.813. The highest BCUT2D eigenvalue weighted by molar-refractivity contribution is 7.71. The second-order valence-electron chi connectivity index (χ2n) is 4.63. The lowest BCUT2D eigenvalue weighted by Gasteiger charge is -2.21. The van der Waals surface area contributed by atoms with Gasteiger partial charge in [-0.15, -0.1) is 0 Å². The van der Waals surface area contributed by atoms with Crippen molar-refractivity contribution in [2.45, 2.75) is 33.4 Å². The van der Waals surface area contributed by atoms with Crippen molar-refractivity contribution in [3.63, 3.8) is 0 Å². The molecule has 0 aliphatic carbocycles. The number of para-hydroxylation sites is 2. The summed E-state index contributed by atoms with van der Waals surface area (Å²) in [5, 5.41) is 0. The summed E-state index contributed by atoms with van der Waals surface area (Å²) in [6, 6.07) is 8.29. The van der Waals surface area contributed by atoms with Crippen LogP contribution in [0.3, 0.4) is 0 Å². The highest BCUT2D eigenvalue weighted by atomic mass is 32.1. The first-order valence-corrected chi connectivity index (χ1v) is 7.07. The summed E-state index contributed by atoms with van der Waals surface area (Å²) in [5.74, 6) is 0. The molecule has 1 N–H and O–H groups in total. The summed E-state index contributed by atoms with van der Waals surface area (Å²) in [5.41, 5.74) is 2.31. The van der Waals surface area contributed by atoms with Crippen LogP contribution in [0.1, 0.15) is 26.7 Å². The predicted molar refractivity (Wildman–Crippen MR) is 79.3 cm³/mol. The number of aromatic nitrogens is 2. The van der Waals surface area contributed by atoms with Gasteiger partial charge in [0.05, 0.1) is 17.7 Å². The van der Waals surface area contributed by atoms with Crippen LogP contribution in [-0.2, 0) is 6.67 Å². The summed E-state index contributed by atoms with van der Waals surface area (Å²) in [4.78, 5) is 5.72. The zero-order chi connectivity index (χ0) is 13.0. The lowest BCUT2D eigenvalue weighted by atomic mass is 10.3. The Labute approximate surface area is 113 Å². The van der Waals surface area contributed by atoms with Gasteiger partial charge in [-0.25, -0.2) is 0 Å². The fraction of sp³-hybridized carbons (Fsp3) is 0.500. The summed E-state index contributed by atoms with van der Waals surface area (Å²) < 4.78 is 3.00. The van der Waals surface area contributed by atoms with Gasteiger partial charge < -0.3 is 9.55 Å². The van der Waals surface area contributed by atoms with Crippen molar-refractivity contribution in [2.75, 3.05) is 13.1 Å². The third kappa shape index (κ3) is 2.82. The van der Waals surface area contributed by atoms with Crippen molar-refractivity contribution >= 4 is 23.3 Å². The maximum Gasteiger partial charge on any atom is 0.179 e. The summed E-state index contributed by atoms with van der Waals surface area (Å²) in [6.07, 6.45) is 2.35. The van der Waals surface area contributed by atoms with Gasteiger partial charge in [-0.2, -0.15) is 0 Å². The molecule has 98 valence electrons. The molecule has 2 aromatic rings. The monoisotopic (exact) mass is 263 g/mol. The largest absolute Gasteiger partial charge is 0.331 e. The van der Waals surface area contributed by atoms with Crippen LogP contribution in [0.15, 0.2) is 24.3 Å². The van der Waals surface area contributed by atoms with E-state index in [0.29, 0.717) is 0 Å². The van der Waals surface area contributed by atoms with Crippen LogP contribution in [0.2, 0.25) is 0 Å². The van der Waals surface area contributed by atoms with Gasteiger partial charge in [0.2, 0.25) is 0 Å². The van der Waals surface area contributed by atoms with Gasteiger partial charge in [0, 0.05) is 0 Å². The lowest BCUT2D eigenvalue weighted by molar-refractivity contribution is 0.221. The van der Waals surface area contributed by atoms with Gasteiger partial charge in [-0.1, -0.05) is 26.0 Å². The molecular weight excluding hydrogens is 242 g/mol. The van der Waals surface area contributed by atoms with Crippen LogP contribution >= 0.6 is 12.2 Å². The smallest absolute Gasteiger partial charge is 0.179 e. The molecule has 0 atom stereocenters. The molecule has 0 saturated heterocycles. The standard InChI is InChI=1S/C14H21N3S/c1-3-9-16(10-4-2)11-17-13-8-6-5-7-12(13)15-14(17)18/h5-8H,3-4,9-11H2,1-2H3,(H,15,18). The number of benzene rings is 1. The van der Waals surface area contributed by atoms with Crippen LogP contribution < -0.4 is 0 Å². The number of fused-ring (bicyclic) bond motifs is 1. The molecular formula is C14H21N3S. The summed E-state index contributed by atoms with van der Waals surface area (Å²) >= 11 is 5.42. The minimum Gasteiger partial charge on any atom is -0.331 e. The highest BCUT2D eigenvalue weighted by Gasteiger charge is 2.08. The molecule has 0 aliphatic rings. The van der Waals surface area contributed by atoms with E-state index < -0.39 is 0 Å². The number of aromatic amines is 1. The van der Waals surface area contributed by atoms with Gasteiger partial charge in [-0.05, 0) is 50.3 Å². The van der Waals surface area contributed by atoms with E-state index >= 15 is 0 Å². The molecule has 0 fully saturated rings. The molecule has 0 spiro atoms. The summed E-state index contributed by atoms with van der Waals surface area (Å²) in [6.45, 7) is 7.56. The molecule has 1 aromatic carbocycles. The van der Waals surface area contributed by atoms with Crippen LogP contribution in [-0.4, -0.2) is 27.5 Å². The molecule has 0 saturated carbocycles. The van der Waals surface area contributed by atoms with E-state index in [4.69, 9.17) is 12.2 Å². The lowest BCUT2D eigenvalue weighted by Crippen LogP contribution is -2.28. The number of hydrogen-bond donors (Lipinski definition) is 1. The molecule has 2 rings (SSSR count). The van der Waals surface area contributed by atoms with E-state index in [1.807, 2.05) is 6.07 Å². The molecule has 0 amide bonds. The van der Waals surface area contributed by atoms with E-state index in [1.165, 1.54) is 18.4 Å². The first-order valence-electron chi connectivity index (χ1n) is 6.66. The van der Waals surface area contributed by atoms with Crippen molar-refractivity contribution in [1.29, 1.82) is 0 Å². The van der Waals surface area contributed by atoms with Gasteiger partial charge in [-0.3, -0.25) is 4.90 Å². The molecule has 0 aliphatic heterocycles. The van der Waals surface area contributed by atoms with Crippen molar-refractivity contribution in [3.05, 3.63) is 29.0 Å². The van der Waals surface area contributed by atoms with Crippen molar-refractivity contribution in [2.24, 2.45) is 0 Å². The topological polar surface area (TPSA) is 24.0 Å². The van der Waals surface area contributed by atoms with Crippen LogP contribution in [0, 0.1) is 4.77 Å². The van der Waals surface area contributed by atoms with E-state index in [-0.39, 0.29) is 0 Å². The van der Waals surface area contributed by atoms with Gasteiger partial charge in [0.15, 0.2) is 4.77 Å². The Bertz CT molecular complexity index is 549. The van der Waals surface area contributed by atoms with E-state index in [9.17, 15) is 0 Å². The molecule has 0 bridgehead atoms. The van der Waals surface area contributed by atoms with E-state index in [0.717, 1.165) is 30.0 Å². The number of H-pyrrole nitrogens is 1. The molecule has 0 radical (unpaired) electrons. The number of nitrogens with zero attached hydrogens (tertiary/aromatic N) is 2. The second kappa shape index (κ2) is 6.16. The third-order valence-corrected chi connectivity index (χ3v) is 3.43. The number of rotatable bonds is 6. The first kappa shape index (κ1) is 13.3. The summed E-state index contributed by atoms with van der Waals surface area (Å²) in [7, 11) is 0. The minimum atomic E-state index is 0.813. The predicted octanol–water partition coefficient (Wildman–Crippen LogP) is 3.78. The molecule has 18 heavy (non-hydrogen) atoms. The van der Waals surface area contributed by atoms with Crippen molar-refractivity contribution in [3.8, 4) is 0 Å². The molecule has 0 unspecified atom stereocenters. The van der Waals surface area contributed by atoms with E-state index in [1.54, 1.807) is 0 Å². The van der Waals surface area contributed by atoms with Gasteiger partial charge in [0.25, 0.3) is 0 Å². The zero-order valence-electron chi connectivity index (χ0n) is 11.1. The Balaban J connectivity index is 2.29. The fourth-order valence-corrected chi connectivity index (χ4v) is 2.60. The second-order valence-corrected chi connectivity index (χ2v) is 5.02. The van der Waals surface area contributed by atoms with Gasteiger partial charge >= 0.3 is 0 Å². The average molecular weight is 263 g/mol. The Morgan fingerprint density at radius 2 is 1.83 bits per heavy atom. The quantitative estimate of drug-likeness (QED) is 0.802. The number of imidazole rings is 1. The zero-order valence-corrected chi connectivity index (χ0v) is 12.0. The average Bonchev–Trinajstić information content (AvgIpc) is 2.67. The maximum absolute atomic E-state index is 5.42. The number of nitrogens with one attached hydrogen (secondary N) is 1.